The maximum absolute atomic E-state index is 13.2. The van der Waals surface area contributed by atoms with Crippen molar-refractivity contribution in [1.29, 1.82) is 0 Å². The molecule has 2 heterocycles. The maximum atomic E-state index is 13.2. The van der Waals surface area contributed by atoms with Gasteiger partial charge in [-0.1, -0.05) is 6.07 Å². The average Bonchev–Trinajstić information content (AvgIpc) is 3.15. The highest BCUT2D eigenvalue weighted by Crippen LogP contribution is 2.22. The van der Waals surface area contributed by atoms with Gasteiger partial charge < -0.3 is 29.9 Å². The third-order valence-corrected chi connectivity index (χ3v) is 12.2. The Morgan fingerprint density at radius 1 is 0.558 bits per heavy atom. The third kappa shape index (κ3) is 8.87. The Labute approximate surface area is 302 Å². The van der Waals surface area contributed by atoms with E-state index >= 15 is 0 Å². The van der Waals surface area contributed by atoms with E-state index in [0.717, 1.165) is 0 Å². The van der Waals surface area contributed by atoms with Gasteiger partial charge in [0, 0.05) is 74.9 Å². The summed E-state index contributed by atoms with van der Waals surface area (Å²) >= 11 is 0. The fourth-order valence-corrected chi connectivity index (χ4v) is 8.43. The normalized spacial score (nSPS) is 15.8. The molecule has 2 fully saturated rings. The zero-order valence-electron chi connectivity index (χ0n) is 28.7. The van der Waals surface area contributed by atoms with Crippen molar-refractivity contribution in [2.24, 2.45) is 0 Å². The summed E-state index contributed by atoms with van der Waals surface area (Å²) in [7, 11) is -7.70. The molecule has 2 aliphatic rings. The summed E-state index contributed by atoms with van der Waals surface area (Å²) in [6, 6.07) is 17.4. The zero-order valence-corrected chi connectivity index (χ0v) is 30.3. The van der Waals surface area contributed by atoms with E-state index in [2.05, 4.69) is 10.6 Å². The molecule has 4 amide bonds. The summed E-state index contributed by atoms with van der Waals surface area (Å²) in [4.78, 5) is 52.8. The van der Waals surface area contributed by atoms with Crippen LogP contribution in [0.3, 0.4) is 0 Å². The molecule has 278 valence electrons. The van der Waals surface area contributed by atoms with Gasteiger partial charge in [0.05, 0.1) is 23.0 Å². The fraction of sp³-hybridized carbons (Fsp3) is 0.353. The number of hydrogen-bond acceptors (Lipinski definition) is 10. The molecule has 0 atom stereocenters. The zero-order chi connectivity index (χ0) is 37.5. The number of hydrogen-bond donors (Lipinski definition) is 2. The number of anilines is 2. The molecule has 0 spiro atoms. The lowest BCUT2D eigenvalue weighted by molar-refractivity contribution is 0.0928. The molecule has 5 rings (SSSR count). The Bertz CT molecular complexity index is 1850. The average molecular weight is 757 g/mol. The smallest absolute Gasteiger partial charge is 0.409 e. The van der Waals surface area contributed by atoms with E-state index in [1.807, 2.05) is 0 Å². The largest absolute Gasteiger partial charge is 0.450 e. The van der Waals surface area contributed by atoms with Gasteiger partial charge in [-0.15, -0.1) is 0 Å². The molecule has 0 radical (unpaired) electrons. The topological polar surface area (TPSA) is 192 Å². The van der Waals surface area contributed by atoms with E-state index in [1.165, 1.54) is 66.9 Å². The minimum atomic E-state index is -3.85. The number of amides is 4. The molecule has 3 aromatic rings. The highest BCUT2D eigenvalue weighted by Gasteiger charge is 2.32. The number of nitrogens with zero attached hydrogens (tertiary/aromatic N) is 4. The molecule has 0 bridgehead atoms. The number of piperazine rings is 2. The van der Waals surface area contributed by atoms with Crippen LogP contribution in [0.15, 0.2) is 82.6 Å². The van der Waals surface area contributed by atoms with Crippen molar-refractivity contribution < 1.29 is 45.5 Å². The number of carbonyl (C=O) groups excluding carboxylic acids is 4. The lowest BCUT2D eigenvalue weighted by Crippen LogP contribution is -2.50. The Hall–Kier alpha value is -5.04. The van der Waals surface area contributed by atoms with Gasteiger partial charge in [-0.3, -0.25) is 9.59 Å². The van der Waals surface area contributed by atoms with Crippen molar-refractivity contribution >= 4 is 55.4 Å². The summed E-state index contributed by atoms with van der Waals surface area (Å²) in [6.07, 6.45) is -0.964. The fourth-order valence-electron chi connectivity index (χ4n) is 5.59. The van der Waals surface area contributed by atoms with Crippen LogP contribution in [0.5, 0.6) is 0 Å². The van der Waals surface area contributed by atoms with Crippen LogP contribution in [-0.4, -0.2) is 125 Å². The van der Waals surface area contributed by atoms with E-state index < -0.39 is 44.0 Å². The molecule has 52 heavy (non-hydrogen) atoms. The second kappa shape index (κ2) is 16.5. The van der Waals surface area contributed by atoms with Crippen LogP contribution in [0, 0.1) is 0 Å². The van der Waals surface area contributed by atoms with Gasteiger partial charge in [0.2, 0.25) is 20.0 Å². The van der Waals surface area contributed by atoms with Crippen molar-refractivity contribution in [2.45, 2.75) is 23.6 Å². The first-order valence-electron chi connectivity index (χ1n) is 16.6. The van der Waals surface area contributed by atoms with Crippen molar-refractivity contribution in [3.8, 4) is 0 Å². The second-order valence-corrected chi connectivity index (χ2v) is 15.6. The van der Waals surface area contributed by atoms with Gasteiger partial charge in [0.1, 0.15) is 0 Å². The van der Waals surface area contributed by atoms with E-state index in [9.17, 15) is 36.0 Å². The van der Waals surface area contributed by atoms with Crippen LogP contribution >= 0.6 is 0 Å². The number of carbonyl (C=O) groups is 4. The molecule has 0 unspecified atom stereocenters. The van der Waals surface area contributed by atoms with Crippen LogP contribution in [0.4, 0.5) is 21.0 Å². The van der Waals surface area contributed by atoms with Crippen LogP contribution in [0.2, 0.25) is 0 Å². The van der Waals surface area contributed by atoms with Crippen LogP contribution in [0.1, 0.15) is 34.6 Å². The van der Waals surface area contributed by atoms with Gasteiger partial charge in [-0.2, -0.15) is 8.61 Å². The summed E-state index contributed by atoms with van der Waals surface area (Å²) in [5.41, 5.74) is 1.14. The molecule has 2 saturated heterocycles. The predicted octanol–water partition coefficient (Wildman–Crippen LogP) is 3.12. The van der Waals surface area contributed by atoms with Crippen LogP contribution in [0.25, 0.3) is 0 Å². The lowest BCUT2D eigenvalue weighted by Gasteiger charge is -2.33. The quantitative estimate of drug-likeness (QED) is 0.311. The maximum Gasteiger partial charge on any atom is 0.409 e. The molecular formula is C34H40N6O10S2. The molecule has 18 heteroatoms. The van der Waals surface area contributed by atoms with Gasteiger partial charge >= 0.3 is 12.2 Å². The predicted molar refractivity (Wildman–Crippen MR) is 190 cm³/mol. The number of ether oxygens (including phenoxy) is 2. The Morgan fingerprint density at radius 3 is 1.23 bits per heavy atom. The van der Waals surface area contributed by atoms with Gasteiger partial charge in [-0.25, -0.2) is 26.4 Å². The molecular weight excluding hydrogens is 717 g/mol. The highest BCUT2D eigenvalue weighted by molar-refractivity contribution is 7.89. The van der Waals surface area contributed by atoms with E-state index in [0.29, 0.717) is 11.4 Å². The molecule has 0 aliphatic carbocycles. The van der Waals surface area contributed by atoms with Crippen LogP contribution in [-0.2, 0) is 29.5 Å². The number of benzene rings is 3. The Kier molecular flexibility index (Phi) is 12.1. The van der Waals surface area contributed by atoms with Gasteiger partial charge in [0.25, 0.3) is 11.8 Å². The van der Waals surface area contributed by atoms with Crippen molar-refractivity contribution in [1.82, 2.24) is 18.4 Å². The molecule has 2 N–H and O–H groups in total. The summed E-state index contributed by atoms with van der Waals surface area (Å²) in [6.45, 7) is 5.12. The molecule has 16 nitrogen and oxygen atoms in total. The first-order chi connectivity index (χ1) is 24.8. The van der Waals surface area contributed by atoms with Crippen molar-refractivity contribution in [2.75, 3.05) is 76.2 Å². The SMILES string of the molecule is CCOC(=O)N1CCN(S(=O)(=O)c2ccc(C(=O)Nc3cccc(NC(=O)c4ccc(S(=O)(=O)N5CCN(C(=O)OCC)CC5)cc4)c3)cc2)CC1. The third-order valence-electron chi connectivity index (χ3n) is 8.42. The number of sulfonamides is 2. The minimum Gasteiger partial charge on any atom is -0.450 e. The first-order valence-corrected chi connectivity index (χ1v) is 19.5. The summed E-state index contributed by atoms with van der Waals surface area (Å²) in [5.74, 6) is -1.01. The summed E-state index contributed by atoms with van der Waals surface area (Å²) in [5, 5.41) is 5.46. The van der Waals surface area contributed by atoms with Crippen LogP contribution < -0.4 is 10.6 Å². The molecule has 3 aromatic carbocycles. The molecule has 0 saturated carbocycles. The minimum absolute atomic E-state index is 0.0119. The van der Waals surface area contributed by atoms with E-state index in [-0.39, 0.29) is 86.5 Å². The lowest BCUT2D eigenvalue weighted by atomic mass is 10.2. The number of rotatable bonds is 10. The Morgan fingerprint density at radius 2 is 0.904 bits per heavy atom. The van der Waals surface area contributed by atoms with Crippen molar-refractivity contribution in [3.63, 3.8) is 0 Å². The van der Waals surface area contributed by atoms with Gasteiger partial charge in [-0.05, 0) is 80.6 Å². The standard InChI is InChI=1S/C34H40N6O10S2/c1-3-49-33(43)37-16-20-39(21-17-37)51(45,46)29-12-8-25(9-13-29)31(41)35-27-6-5-7-28(24-27)36-32(42)26-10-14-30(15-11-26)52(47,48)40-22-18-38(19-23-40)34(44)50-4-2/h5-15,24H,3-4,16-23H2,1-2H3,(H,35,41)(H,36,42). The van der Waals surface area contributed by atoms with Gasteiger partial charge in [0.15, 0.2) is 0 Å². The van der Waals surface area contributed by atoms with E-state index in [4.69, 9.17) is 9.47 Å². The van der Waals surface area contributed by atoms with Crippen molar-refractivity contribution in [3.05, 3.63) is 83.9 Å². The molecule has 0 aromatic heterocycles. The highest BCUT2D eigenvalue weighted by atomic mass is 32.2. The first kappa shape index (κ1) is 38.2. The van der Waals surface area contributed by atoms with E-state index in [1.54, 1.807) is 38.1 Å². The molecule has 2 aliphatic heterocycles. The second-order valence-electron chi connectivity index (χ2n) is 11.7. The number of nitrogens with one attached hydrogen (secondary N) is 2. The Balaban J connectivity index is 1.15. The monoisotopic (exact) mass is 756 g/mol. The summed E-state index contributed by atoms with van der Waals surface area (Å²) < 4.78 is 65.2.